The molecule has 0 aliphatic heterocycles. The molecule has 5 nitrogen and oxygen atoms in total. The standard InChI is InChI=1S/C9H15FN4O/c1-4-15-6(3)8-12-5(2)7(10)9(13-8)14-11/h6H,4,11H2,1-3H3,(H,12,13,14). The van der Waals surface area contributed by atoms with Gasteiger partial charge in [-0.2, -0.15) is 0 Å². The molecule has 1 unspecified atom stereocenters. The second-order valence-corrected chi connectivity index (χ2v) is 3.07. The number of nitrogens with zero attached hydrogens (tertiary/aromatic N) is 2. The predicted octanol–water partition coefficient (Wildman–Crippen LogP) is 1.31. The van der Waals surface area contributed by atoms with Crippen molar-refractivity contribution >= 4 is 5.82 Å². The third-order valence-electron chi connectivity index (χ3n) is 1.95. The van der Waals surface area contributed by atoms with Gasteiger partial charge in [-0.3, -0.25) is 0 Å². The number of anilines is 1. The predicted molar refractivity (Wildman–Crippen MR) is 54.6 cm³/mol. The van der Waals surface area contributed by atoms with Crippen molar-refractivity contribution in [1.29, 1.82) is 0 Å². The Bertz CT molecular complexity index is 345. The number of ether oxygens (including phenoxy) is 1. The first-order valence-corrected chi connectivity index (χ1v) is 4.72. The van der Waals surface area contributed by atoms with Gasteiger partial charge < -0.3 is 10.2 Å². The molecule has 0 bridgehead atoms. The highest BCUT2D eigenvalue weighted by Gasteiger charge is 2.14. The SMILES string of the molecule is CCOC(C)c1nc(C)c(F)c(NN)n1. The molecule has 0 aliphatic carbocycles. The Balaban J connectivity index is 3.05. The Hall–Kier alpha value is -1.27. The maximum Gasteiger partial charge on any atom is 0.187 e. The van der Waals surface area contributed by atoms with Crippen molar-refractivity contribution in [3.63, 3.8) is 0 Å². The first-order chi connectivity index (χ1) is 7.10. The zero-order chi connectivity index (χ0) is 11.4. The van der Waals surface area contributed by atoms with E-state index >= 15 is 0 Å². The Morgan fingerprint density at radius 1 is 1.53 bits per heavy atom. The lowest BCUT2D eigenvalue weighted by Crippen LogP contribution is -2.15. The van der Waals surface area contributed by atoms with Crippen LogP contribution in [0.4, 0.5) is 10.2 Å². The van der Waals surface area contributed by atoms with Crippen molar-refractivity contribution in [1.82, 2.24) is 9.97 Å². The van der Waals surface area contributed by atoms with Crippen molar-refractivity contribution in [3.05, 3.63) is 17.3 Å². The molecule has 0 aromatic carbocycles. The number of halogens is 1. The van der Waals surface area contributed by atoms with E-state index in [-0.39, 0.29) is 17.6 Å². The van der Waals surface area contributed by atoms with E-state index in [0.29, 0.717) is 12.4 Å². The van der Waals surface area contributed by atoms with E-state index in [1.807, 2.05) is 6.92 Å². The molecule has 1 atom stereocenters. The van der Waals surface area contributed by atoms with E-state index in [2.05, 4.69) is 15.4 Å². The van der Waals surface area contributed by atoms with Crippen LogP contribution in [0.2, 0.25) is 0 Å². The summed E-state index contributed by atoms with van der Waals surface area (Å²) in [6.45, 7) is 5.78. The van der Waals surface area contributed by atoms with Gasteiger partial charge >= 0.3 is 0 Å². The van der Waals surface area contributed by atoms with Crippen molar-refractivity contribution < 1.29 is 9.13 Å². The molecular formula is C9H15FN4O. The topological polar surface area (TPSA) is 73.1 Å². The summed E-state index contributed by atoms with van der Waals surface area (Å²) in [6, 6.07) is 0. The summed E-state index contributed by atoms with van der Waals surface area (Å²) in [5, 5.41) is 0. The summed E-state index contributed by atoms with van der Waals surface area (Å²) >= 11 is 0. The molecule has 1 aromatic rings. The average molecular weight is 214 g/mol. The van der Waals surface area contributed by atoms with Gasteiger partial charge in [0, 0.05) is 6.61 Å². The zero-order valence-electron chi connectivity index (χ0n) is 9.04. The number of hydrogen-bond acceptors (Lipinski definition) is 5. The monoisotopic (exact) mass is 214 g/mol. The molecule has 1 aromatic heterocycles. The fourth-order valence-corrected chi connectivity index (χ4v) is 1.18. The van der Waals surface area contributed by atoms with Gasteiger partial charge in [0.05, 0.1) is 5.69 Å². The van der Waals surface area contributed by atoms with Gasteiger partial charge in [-0.05, 0) is 20.8 Å². The van der Waals surface area contributed by atoms with Crippen molar-refractivity contribution in [3.8, 4) is 0 Å². The first-order valence-electron chi connectivity index (χ1n) is 4.72. The maximum absolute atomic E-state index is 13.3. The molecule has 0 saturated heterocycles. The number of nitrogen functional groups attached to an aromatic ring is 1. The largest absolute Gasteiger partial charge is 0.371 e. The lowest BCUT2D eigenvalue weighted by Gasteiger charge is -2.12. The summed E-state index contributed by atoms with van der Waals surface area (Å²) in [6.07, 6.45) is -0.276. The van der Waals surface area contributed by atoms with Gasteiger partial charge in [0.1, 0.15) is 6.10 Å². The van der Waals surface area contributed by atoms with E-state index in [4.69, 9.17) is 10.6 Å². The number of rotatable bonds is 4. The molecule has 0 radical (unpaired) electrons. The smallest absolute Gasteiger partial charge is 0.187 e. The number of hydrazine groups is 1. The minimum Gasteiger partial charge on any atom is -0.371 e. The zero-order valence-corrected chi connectivity index (χ0v) is 9.04. The highest BCUT2D eigenvalue weighted by atomic mass is 19.1. The third kappa shape index (κ3) is 2.60. The molecule has 15 heavy (non-hydrogen) atoms. The van der Waals surface area contributed by atoms with Gasteiger partial charge in [0.25, 0.3) is 0 Å². The minimum atomic E-state index is -0.537. The van der Waals surface area contributed by atoms with Gasteiger partial charge in [-0.15, -0.1) is 0 Å². The van der Waals surface area contributed by atoms with E-state index in [1.54, 1.807) is 13.8 Å². The average Bonchev–Trinajstić information content (AvgIpc) is 2.22. The fraction of sp³-hybridized carbons (Fsp3) is 0.556. The van der Waals surface area contributed by atoms with Crippen LogP contribution in [0, 0.1) is 12.7 Å². The first kappa shape index (κ1) is 11.8. The minimum absolute atomic E-state index is 0.0101. The van der Waals surface area contributed by atoms with Gasteiger partial charge in [0.15, 0.2) is 17.5 Å². The Labute approximate surface area is 87.8 Å². The van der Waals surface area contributed by atoms with Crippen LogP contribution in [0.3, 0.4) is 0 Å². The van der Waals surface area contributed by atoms with Crippen LogP contribution < -0.4 is 11.3 Å². The molecule has 0 spiro atoms. The molecule has 0 saturated carbocycles. The Morgan fingerprint density at radius 3 is 2.73 bits per heavy atom. The fourth-order valence-electron chi connectivity index (χ4n) is 1.18. The van der Waals surface area contributed by atoms with Crippen molar-refractivity contribution in [2.75, 3.05) is 12.0 Å². The van der Waals surface area contributed by atoms with Crippen LogP contribution in [0.15, 0.2) is 0 Å². The molecule has 3 N–H and O–H groups in total. The molecule has 84 valence electrons. The highest BCUT2D eigenvalue weighted by molar-refractivity contribution is 5.36. The number of aryl methyl sites for hydroxylation is 1. The molecular weight excluding hydrogens is 199 g/mol. The van der Waals surface area contributed by atoms with Crippen molar-refractivity contribution in [2.45, 2.75) is 26.9 Å². The molecule has 1 heterocycles. The number of nitrogens with one attached hydrogen (secondary N) is 1. The summed E-state index contributed by atoms with van der Waals surface area (Å²) in [4.78, 5) is 7.92. The van der Waals surface area contributed by atoms with Crippen LogP contribution in [-0.2, 0) is 4.74 Å². The van der Waals surface area contributed by atoms with Crippen LogP contribution >= 0.6 is 0 Å². The second kappa shape index (κ2) is 4.99. The van der Waals surface area contributed by atoms with Crippen LogP contribution in [0.1, 0.15) is 31.5 Å². The van der Waals surface area contributed by atoms with Gasteiger partial charge in [0.2, 0.25) is 0 Å². The van der Waals surface area contributed by atoms with E-state index in [9.17, 15) is 4.39 Å². The third-order valence-corrected chi connectivity index (χ3v) is 1.95. The molecule has 0 amide bonds. The molecule has 0 fully saturated rings. The number of aromatic nitrogens is 2. The normalized spacial score (nSPS) is 12.6. The quantitative estimate of drug-likeness (QED) is 0.584. The maximum atomic E-state index is 13.3. The summed E-state index contributed by atoms with van der Waals surface area (Å²) in [5.41, 5.74) is 2.44. The molecule has 6 heteroatoms. The second-order valence-electron chi connectivity index (χ2n) is 3.07. The summed E-state index contributed by atoms with van der Waals surface area (Å²) in [7, 11) is 0. The van der Waals surface area contributed by atoms with E-state index < -0.39 is 5.82 Å². The molecule has 1 rings (SSSR count). The summed E-state index contributed by atoms with van der Waals surface area (Å²) < 4.78 is 18.6. The van der Waals surface area contributed by atoms with Gasteiger partial charge in [-0.1, -0.05) is 0 Å². The van der Waals surface area contributed by atoms with Crippen LogP contribution in [0.5, 0.6) is 0 Å². The van der Waals surface area contributed by atoms with Crippen LogP contribution in [-0.4, -0.2) is 16.6 Å². The van der Waals surface area contributed by atoms with E-state index in [1.165, 1.54) is 0 Å². The lowest BCUT2D eigenvalue weighted by molar-refractivity contribution is 0.0699. The Morgan fingerprint density at radius 2 is 2.20 bits per heavy atom. The van der Waals surface area contributed by atoms with Crippen LogP contribution in [0.25, 0.3) is 0 Å². The Kier molecular flexibility index (Phi) is 3.93. The van der Waals surface area contributed by atoms with Gasteiger partial charge in [-0.25, -0.2) is 20.2 Å². The number of nitrogens with two attached hydrogens (primary N) is 1. The number of hydrogen-bond donors (Lipinski definition) is 2. The summed E-state index contributed by atoms with van der Waals surface area (Å²) in [5.74, 6) is 5.01. The lowest BCUT2D eigenvalue weighted by atomic mass is 10.3. The van der Waals surface area contributed by atoms with E-state index in [0.717, 1.165) is 0 Å². The van der Waals surface area contributed by atoms with Crippen molar-refractivity contribution in [2.24, 2.45) is 5.84 Å². The highest BCUT2D eigenvalue weighted by Crippen LogP contribution is 2.18. The molecule has 0 aliphatic rings.